The predicted molar refractivity (Wildman–Crippen MR) is 61.4 cm³/mol. The predicted octanol–water partition coefficient (Wildman–Crippen LogP) is 1.32. The molecule has 0 fully saturated rings. The maximum atomic E-state index is 10.7. The van der Waals surface area contributed by atoms with Crippen LogP contribution in [0.5, 0.6) is 5.75 Å². The molecule has 0 aliphatic carbocycles. The van der Waals surface area contributed by atoms with E-state index in [2.05, 4.69) is 5.32 Å². The minimum Gasteiger partial charge on any atom is -0.506 e. The largest absolute Gasteiger partial charge is 0.506 e. The van der Waals surface area contributed by atoms with Crippen LogP contribution < -0.4 is 5.32 Å². The Bertz CT molecular complexity index is 517. The Morgan fingerprint density at radius 1 is 1.44 bits per heavy atom. The van der Waals surface area contributed by atoms with Gasteiger partial charge in [0.15, 0.2) is 0 Å². The molecular weight excluding hydrogens is 204 g/mol. The molecule has 0 aliphatic rings. The lowest BCUT2D eigenvalue weighted by Gasteiger charge is -2.03. The summed E-state index contributed by atoms with van der Waals surface area (Å²) in [6.45, 7) is 2.08. The van der Waals surface area contributed by atoms with E-state index in [4.69, 9.17) is 0 Å². The molecule has 4 heteroatoms. The van der Waals surface area contributed by atoms with Crippen molar-refractivity contribution in [3.8, 4) is 5.75 Å². The number of carbonyl (C=O) groups excluding carboxylic acids is 1. The summed E-state index contributed by atoms with van der Waals surface area (Å²) in [6, 6.07) is 5.41. The van der Waals surface area contributed by atoms with Crippen LogP contribution in [0.3, 0.4) is 0 Å². The van der Waals surface area contributed by atoms with Gasteiger partial charge in [0, 0.05) is 25.9 Å². The lowest BCUT2D eigenvalue weighted by atomic mass is 10.2. The molecule has 2 aromatic rings. The molecule has 16 heavy (non-hydrogen) atoms. The summed E-state index contributed by atoms with van der Waals surface area (Å²) in [5.41, 5.74) is 1.85. The summed E-state index contributed by atoms with van der Waals surface area (Å²) in [5.74, 6) is 0.234. The Morgan fingerprint density at radius 3 is 3.00 bits per heavy atom. The monoisotopic (exact) mass is 218 g/mol. The Morgan fingerprint density at radius 2 is 2.25 bits per heavy atom. The number of aromatic nitrogens is 1. The minimum absolute atomic E-state index is 0.0345. The Labute approximate surface area is 93.5 Å². The van der Waals surface area contributed by atoms with Crippen molar-refractivity contribution in [2.45, 2.75) is 13.3 Å². The summed E-state index contributed by atoms with van der Waals surface area (Å²) < 4.78 is 1.87. The highest BCUT2D eigenvalue weighted by molar-refractivity contribution is 5.73. The summed E-state index contributed by atoms with van der Waals surface area (Å²) in [7, 11) is 0. The highest BCUT2D eigenvalue weighted by Crippen LogP contribution is 2.22. The molecule has 0 spiro atoms. The van der Waals surface area contributed by atoms with Crippen molar-refractivity contribution >= 4 is 11.4 Å². The van der Waals surface area contributed by atoms with Crippen molar-refractivity contribution < 1.29 is 9.90 Å². The van der Waals surface area contributed by atoms with E-state index in [1.165, 1.54) is 6.92 Å². The van der Waals surface area contributed by atoms with Crippen LogP contribution in [0.15, 0.2) is 30.6 Å². The van der Waals surface area contributed by atoms with Crippen LogP contribution in [-0.4, -0.2) is 22.0 Å². The van der Waals surface area contributed by atoms with Crippen molar-refractivity contribution in [3.05, 3.63) is 36.2 Å². The first-order chi connectivity index (χ1) is 7.68. The summed E-state index contributed by atoms with van der Waals surface area (Å²) in [5, 5.41) is 12.5. The normalized spacial score (nSPS) is 10.6. The molecule has 84 valence electrons. The second-order valence-electron chi connectivity index (χ2n) is 3.72. The molecule has 0 aliphatic heterocycles. The highest BCUT2D eigenvalue weighted by Gasteiger charge is 2.06. The zero-order valence-electron chi connectivity index (χ0n) is 9.10. The molecule has 0 atom stereocenters. The zero-order valence-corrected chi connectivity index (χ0v) is 9.10. The average Bonchev–Trinajstić information content (AvgIpc) is 2.62. The first-order valence-electron chi connectivity index (χ1n) is 5.20. The van der Waals surface area contributed by atoms with Crippen molar-refractivity contribution in [1.29, 1.82) is 0 Å². The van der Waals surface area contributed by atoms with Crippen LogP contribution in [0.25, 0.3) is 5.52 Å². The number of nitrogens with zero attached hydrogens (tertiary/aromatic N) is 1. The molecule has 0 aromatic carbocycles. The number of carbonyl (C=O) groups is 1. The maximum absolute atomic E-state index is 10.7. The molecule has 2 rings (SSSR count). The molecule has 2 heterocycles. The van der Waals surface area contributed by atoms with E-state index in [0.717, 1.165) is 11.1 Å². The van der Waals surface area contributed by atoms with Gasteiger partial charge in [0.1, 0.15) is 5.75 Å². The van der Waals surface area contributed by atoms with E-state index in [9.17, 15) is 9.90 Å². The quantitative estimate of drug-likeness (QED) is 0.816. The highest BCUT2D eigenvalue weighted by atomic mass is 16.3. The number of pyridine rings is 1. The first kappa shape index (κ1) is 10.5. The molecule has 2 aromatic heterocycles. The fourth-order valence-electron chi connectivity index (χ4n) is 1.79. The van der Waals surface area contributed by atoms with Crippen LogP contribution in [0, 0.1) is 0 Å². The zero-order chi connectivity index (χ0) is 11.5. The Hall–Kier alpha value is -1.97. The van der Waals surface area contributed by atoms with Gasteiger partial charge in [-0.05, 0) is 30.2 Å². The maximum Gasteiger partial charge on any atom is 0.216 e. The SMILES string of the molecule is CC(=O)NCCc1ccn2cccc(O)c12. The van der Waals surface area contributed by atoms with Gasteiger partial charge >= 0.3 is 0 Å². The lowest BCUT2D eigenvalue weighted by molar-refractivity contribution is -0.118. The second-order valence-corrected chi connectivity index (χ2v) is 3.72. The molecule has 2 N–H and O–H groups in total. The average molecular weight is 218 g/mol. The number of nitrogens with one attached hydrogen (secondary N) is 1. The lowest BCUT2D eigenvalue weighted by Crippen LogP contribution is -2.22. The van der Waals surface area contributed by atoms with Gasteiger partial charge in [0.05, 0.1) is 5.52 Å². The van der Waals surface area contributed by atoms with E-state index in [1.807, 2.05) is 22.9 Å². The van der Waals surface area contributed by atoms with E-state index in [1.54, 1.807) is 12.1 Å². The molecule has 0 unspecified atom stereocenters. The number of aromatic hydroxyl groups is 1. The van der Waals surface area contributed by atoms with Gasteiger partial charge in [-0.15, -0.1) is 0 Å². The van der Waals surface area contributed by atoms with Crippen LogP contribution in [-0.2, 0) is 11.2 Å². The summed E-state index contributed by atoms with van der Waals surface area (Å²) in [6.07, 6.45) is 4.50. The third kappa shape index (κ3) is 2.00. The molecular formula is C12H14N2O2. The van der Waals surface area contributed by atoms with Crippen molar-refractivity contribution in [2.75, 3.05) is 6.54 Å². The topological polar surface area (TPSA) is 53.7 Å². The van der Waals surface area contributed by atoms with Crippen LogP contribution in [0.1, 0.15) is 12.5 Å². The number of hydrogen-bond donors (Lipinski definition) is 2. The van der Waals surface area contributed by atoms with Gasteiger partial charge in [-0.25, -0.2) is 0 Å². The van der Waals surface area contributed by atoms with Gasteiger partial charge in [-0.1, -0.05) is 0 Å². The number of hydrogen-bond acceptors (Lipinski definition) is 2. The van der Waals surface area contributed by atoms with Gasteiger partial charge in [-0.3, -0.25) is 4.79 Å². The molecule has 4 nitrogen and oxygen atoms in total. The van der Waals surface area contributed by atoms with Crippen molar-refractivity contribution in [3.63, 3.8) is 0 Å². The molecule has 0 saturated heterocycles. The smallest absolute Gasteiger partial charge is 0.216 e. The number of fused-ring (bicyclic) bond motifs is 1. The molecule has 0 radical (unpaired) electrons. The Kier molecular flexibility index (Phi) is 2.81. The number of amides is 1. The van der Waals surface area contributed by atoms with E-state index >= 15 is 0 Å². The van der Waals surface area contributed by atoms with Crippen LogP contribution >= 0.6 is 0 Å². The second kappa shape index (κ2) is 4.26. The molecule has 0 saturated carbocycles. The first-order valence-corrected chi connectivity index (χ1v) is 5.20. The van der Waals surface area contributed by atoms with Gasteiger partial charge in [0.2, 0.25) is 5.91 Å². The fraction of sp³-hybridized carbons (Fsp3) is 0.250. The van der Waals surface area contributed by atoms with Crippen molar-refractivity contribution in [1.82, 2.24) is 9.72 Å². The van der Waals surface area contributed by atoms with Gasteiger partial charge in [-0.2, -0.15) is 0 Å². The van der Waals surface area contributed by atoms with Crippen LogP contribution in [0.4, 0.5) is 0 Å². The van der Waals surface area contributed by atoms with E-state index < -0.39 is 0 Å². The third-order valence-electron chi connectivity index (χ3n) is 2.51. The number of rotatable bonds is 3. The third-order valence-corrected chi connectivity index (χ3v) is 2.51. The molecule has 0 bridgehead atoms. The minimum atomic E-state index is -0.0345. The standard InChI is InChI=1S/C12H14N2O2/c1-9(15)13-6-4-10-5-8-14-7-2-3-11(16)12(10)14/h2-3,5,7-8,16H,4,6H2,1H3,(H,13,15). The fourth-order valence-corrected chi connectivity index (χ4v) is 1.79. The van der Waals surface area contributed by atoms with E-state index in [0.29, 0.717) is 13.0 Å². The Balaban J connectivity index is 2.21. The van der Waals surface area contributed by atoms with E-state index in [-0.39, 0.29) is 11.7 Å². The van der Waals surface area contributed by atoms with Gasteiger partial charge < -0.3 is 14.8 Å². The summed E-state index contributed by atoms with van der Waals surface area (Å²) in [4.78, 5) is 10.7. The summed E-state index contributed by atoms with van der Waals surface area (Å²) >= 11 is 0. The van der Waals surface area contributed by atoms with Crippen LogP contribution in [0.2, 0.25) is 0 Å². The van der Waals surface area contributed by atoms with Gasteiger partial charge in [0.25, 0.3) is 0 Å². The van der Waals surface area contributed by atoms with Crippen molar-refractivity contribution in [2.24, 2.45) is 0 Å². The molecule has 1 amide bonds.